The zero-order chi connectivity index (χ0) is 21.1. The summed E-state index contributed by atoms with van der Waals surface area (Å²) in [6.07, 6.45) is 4.02. The highest BCUT2D eigenvalue weighted by Gasteiger charge is 2.16. The number of rotatable bonds is 10. The number of hydrogen-bond acceptors (Lipinski definition) is 5. The van der Waals surface area contributed by atoms with Crippen molar-refractivity contribution >= 4 is 18.0 Å². The normalized spacial score (nSPS) is 10.6. The fraction of sp³-hybridized carbons (Fsp3) is 0.304. The molecule has 0 saturated carbocycles. The lowest BCUT2D eigenvalue weighted by molar-refractivity contribution is -0.145. The predicted octanol–water partition coefficient (Wildman–Crippen LogP) is 3.70. The molecule has 0 bridgehead atoms. The van der Waals surface area contributed by atoms with Gasteiger partial charge < -0.3 is 19.1 Å². The van der Waals surface area contributed by atoms with Crippen molar-refractivity contribution in [3.63, 3.8) is 0 Å². The first-order chi connectivity index (χ1) is 14.1. The van der Waals surface area contributed by atoms with Gasteiger partial charge in [-0.1, -0.05) is 43.3 Å². The minimum absolute atomic E-state index is 0.123. The zero-order valence-electron chi connectivity index (χ0n) is 17.1. The Morgan fingerprint density at radius 2 is 1.79 bits per heavy atom. The van der Waals surface area contributed by atoms with Gasteiger partial charge in [0.2, 0.25) is 5.91 Å². The molecule has 0 radical (unpaired) electrons. The second-order valence-corrected chi connectivity index (χ2v) is 6.35. The molecule has 2 aromatic rings. The number of ether oxygens (including phenoxy) is 3. The maximum Gasteiger partial charge on any atom is 0.325 e. The monoisotopic (exact) mass is 397 g/mol. The Morgan fingerprint density at radius 1 is 1.03 bits per heavy atom. The number of benzene rings is 2. The van der Waals surface area contributed by atoms with E-state index in [1.54, 1.807) is 19.3 Å². The molecule has 0 aliphatic rings. The molecule has 1 amide bonds. The molecule has 6 heteroatoms. The minimum atomic E-state index is -0.471. The molecule has 2 rings (SSSR count). The van der Waals surface area contributed by atoms with Gasteiger partial charge in [-0.2, -0.15) is 0 Å². The number of esters is 1. The highest BCUT2D eigenvalue weighted by molar-refractivity contribution is 5.93. The predicted molar refractivity (Wildman–Crippen MR) is 112 cm³/mol. The molecule has 0 N–H and O–H groups in total. The van der Waals surface area contributed by atoms with Crippen LogP contribution in [0.2, 0.25) is 0 Å². The van der Waals surface area contributed by atoms with Crippen LogP contribution in [0.5, 0.6) is 11.5 Å². The van der Waals surface area contributed by atoms with Gasteiger partial charge in [-0.15, -0.1) is 0 Å². The summed E-state index contributed by atoms with van der Waals surface area (Å²) in [5, 5.41) is 0. The fourth-order valence-electron chi connectivity index (χ4n) is 2.63. The summed E-state index contributed by atoms with van der Waals surface area (Å²) in [5.41, 5.74) is 1.72. The van der Waals surface area contributed by atoms with E-state index in [-0.39, 0.29) is 12.5 Å². The number of hydrogen-bond donors (Lipinski definition) is 0. The number of methoxy groups -OCH3 is 2. The van der Waals surface area contributed by atoms with Crippen LogP contribution in [0.25, 0.3) is 6.08 Å². The average molecular weight is 397 g/mol. The van der Waals surface area contributed by atoms with Gasteiger partial charge in [0.15, 0.2) is 11.5 Å². The average Bonchev–Trinajstić information content (AvgIpc) is 2.76. The summed E-state index contributed by atoms with van der Waals surface area (Å²) in [7, 11) is 2.88. The van der Waals surface area contributed by atoms with E-state index in [1.165, 1.54) is 18.1 Å². The van der Waals surface area contributed by atoms with Gasteiger partial charge in [-0.3, -0.25) is 9.59 Å². The van der Waals surface area contributed by atoms with Gasteiger partial charge in [0.05, 0.1) is 20.8 Å². The summed E-state index contributed by atoms with van der Waals surface area (Å²) in [4.78, 5) is 25.9. The van der Waals surface area contributed by atoms with Crippen molar-refractivity contribution in [3.8, 4) is 11.5 Å². The van der Waals surface area contributed by atoms with E-state index in [0.717, 1.165) is 17.5 Å². The third kappa shape index (κ3) is 6.99. The van der Waals surface area contributed by atoms with E-state index >= 15 is 0 Å². The maximum atomic E-state index is 12.7. The third-order valence-electron chi connectivity index (χ3n) is 4.14. The maximum absolute atomic E-state index is 12.7. The smallest absolute Gasteiger partial charge is 0.325 e. The lowest BCUT2D eigenvalue weighted by atomic mass is 10.1. The number of carbonyl (C=O) groups is 2. The molecule has 0 aromatic heterocycles. The lowest BCUT2D eigenvalue weighted by Gasteiger charge is -2.20. The Balaban J connectivity index is 2.14. The third-order valence-corrected chi connectivity index (χ3v) is 4.14. The quantitative estimate of drug-likeness (QED) is 0.452. The van der Waals surface area contributed by atoms with Crippen molar-refractivity contribution in [2.75, 3.05) is 27.4 Å². The number of nitrogens with zero attached hydrogens (tertiary/aromatic N) is 1. The summed E-state index contributed by atoms with van der Waals surface area (Å²) in [6.45, 7) is 2.82. The van der Waals surface area contributed by atoms with Crippen LogP contribution in [0.3, 0.4) is 0 Å². The molecular weight excluding hydrogens is 370 g/mol. The van der Waals surface area contributed by atoms with Crippen molar-refractivity contribution in [2.24, 2.45) is 0 Å². The molecule has 0 unspecified atom stereocenters. The molecule has 0 atom stereocenters. The van der Waals surface area contributed by atoms with Crippen molar-refractivity contribution < 1.29 is 23.8 Å². The molecule has 0 fully saturated rings. The molecule has 29 heavy (non-hydrogen) atoms. The molecule has 0 heterocycles. The molecule has 0 saturated heterocycles. The van der Waals surface area contributed by atoms with Crippen molar-refractivity contribution in [1.29, 1.82) is 0 Å². The minimum Gasteiger partial charge on any atom is -0.493 e. The molecule has 6 nitrogen and oxygen atoms in total. The Bertz CT molecular complexity index is 832. The van der Waals surface area contributed by atoms with Crippen LogP contribution in [-0.2, 0) is 20.9 Å². The van der Waals surface area contributed by atoms with Gasteiger partial charge in [0.1, 0.15) is 6.54 Å². The summed E-state index contributed by atoms with van der Waals surface area (Å²) in [5.74, 6) is 0.504. The van der Waals surface area contributed by atoms with Crippen LogP contribution in [-0.4, -0.2) is 44.1 Å². The largest absolute Gasteiger partial charge is 0.493 e. The van der Waals surface area contributed by atoms with Crippen molar-refractivity contribution in [1.82, 2.24) is 4.90 Å². The molecular formula is C23H27NO5. The van der Waals surface area contributed by atoms with Gasteiger partial charge in [-0.25, -0.2) is 0 Å². The van der Waals surface area contributed by atoms with Crippen LogP contribution in [0.15, 0.2) is 54.6 Å². The van der Waals surface area contributed by atoms with E-state index in [9.17, 15) is 9.59 Å². The van der Waals surface area contributed by atoms with Crippen molar-refractivity contribution in [3.05, 3.63) is 65.7 Å². The van der Waals surface area contributed by atoms with Crippen LogP contribution in [0, 0.1) is 0 Å². The fourth-order valence-corrected chi connectivity index (χ4v) is 2.63. The SMILES string of the molecule is CCCOc1ccc(C=CC(=O)N(CC(=O)OC)Cc2ccccc2)cc1OC. The highest BCUT2D eigenvalue weighted by atomic mass is 16.5. The first-order valence-electron chi connectivity index (χ1n) is 9.46. The van der Waals surface area contributed by atoms with E-state index in [2.05, 4.69) is 0 Å². The molecule has 0 spiro atoms. The Labute approximate surface area is 171 Å². The van der Waals surface area contributed by atoms with E-state index < -0.39 is 5.97 Å². The molecule has 0 aliphatic heterocycles. The summed E-state index contributed by atoms with van der Waals surface area (Å²) in [6, 6.07) is 14.9. The Morgan fingerprint density at radius 3 is 2.45 bits per heavy atom. The van der Waals surface area contributed by atoms with Gasteiger partial charge in [-0.05, 0) is 35.8 Å². The Kier molecular flexibility index (Phi) is 8.76. The van der Waals surface area contributed by atoms with E-state index in [4.69, 9.17) is 14.2 Å². The summed E-state index contributed by atoms with van der Waals surface area (Å²) < 4.78 is 15.7. The van der Waals surface area contributed by atoms with Crippen molar-refractivity contribution in [2.45, 2.75) is 19.9 Å². The molecule has 154 valence electrons. The lowest BCUT2D eigenvalue weighted by Crippen LogP contribution is -2.34. The van der Waals surface area contributed by atoms with Gasteiger partial charge in [0.25, 0.3) is 0 Å². The van der Waals surface area contributed by atoms with Crippen LogP contribution in [0.1, 0.15) is 24.5 Å². The van der Waals surface area contributed by atoms with Gasteiger partial charge >= 0.3 is 5.97 Å². The molecule has 0 aliphatic carbocycles. The highest BCUT2D eigenvalue weighted by Crippen LogP contribution is 2.28. The first-order valence-corrected chi connectivity index (χ1v) is 9.46. The van der Waals surface area contributed by atoms with Crippen LogP contribution in [0.4, 0.5) is 0 Å². The van der Waals surface area contributed by atoms with Gasteiger partial charge in [0, 0.05) is 12.6 Å². The topological polar surface area (TPSA) is 65.1 Å². The molecule has 2 aromatic carbocycles. The van der Waals surface area contributed by atoms with Crippen LogP contribution >= 0.6 is 0 Å². The number of carbonyl (C=O) groups excluding carboxylic acids is 2. The second-order valence-electron chi connectivity index (χ2n) is 6.35. The Hall–Kier alpha value is -3.28. The number of amides is 1. The summed E-state index contributed by atoms with van der Waals surface area (Å²) >= 11 is 0. The van der Waals surface area contributed by atoms with Crippen LogP contribution < -0.4 is 9.47 Å². The second kappa shape index (κ2) is 11.5. The van der Waals surface area contributed by atoms with E-state index in [1.807, 2.05) is 49.4 Å². The zero-order valence-corrected chi connectivity index (χ0v) is 17.1. The first kappa shape index (κ1) is 22.0. The standard InChI is InChI=1S/C23H27NO5/c1-4-14-29-20-12-10-18(15-21(20)27-2)11-13-22(25)24(17-23(26)28-3)16-19-8-6-5-7-9-19/h5-13,15H,4,14,16-17H2,1-3H3. The van der Waals surface area contributed by atoms with E-state index in [0.29, 0.717) is 24.7 Å².